The van der Waals surface area contributed by atoms with Crippen LogP contribution >= 0.6 is 23.7 Å². The van der Waals surface area contributed by atoms with Crippen LogP contribution in [-0.2, 0) is 13.0 Å². The highest BCUT2D eigenvalue weighted by Gasteiger charge is 2.24. The van der Waals surface area contributed by atoms with Crippen molar-refractivity contribution in [3.63, 3.8) is 0 Å². The number of halogens is 1. The molecule has 0 radical (unpaired) electrons. The van der Waals surface area contributed by atoms with Gasteiger partial charge in [-0.2, -0.15) is 0 Å². The Labute approximate surface area is 136 Å². The average Bonchev–Trinajstić information content (AvgIpc) is 2.96. The molecule has 1 unspecified atom stereocenters. The van der Waals surface area contributed by atoms with Crippen molar-refractivity contribution in [2.75, 3.05) is 19.6 Å². The van der Waals surface area contributed by atoms with Crippen LogP contribution in [0.1, 0.15) is 28.4 Å². The molecule has 21 heavy (non-hydrogen) atoms. The van der Waals surface area contributed by atoms with E-state index in [1.807, 2.05) is 36.0 Å². The minimum atomic E-state index is 0. The molecule has 0 bridgehead atoms. The molecule has 4 nitrogen and oxygen atoms in total. The highest BCUT2D eigenvalue weighted by atomic mass is 35.5. The lowest BCUT2D eigenvalue weighted by Gasteiger charge is -2.35. The summed E-state index contributed by atoms with van der Waals surface area (Å²) in [5, 5.41) is 4.70. The van der Waals surface area contributed by atoms with Crippen molar-refractivity contribution in [2.24, 2.45) is 0 Å². The van der Waals surface area contributed by atoms with Gasteiger partial charge in [0.25, 0.3) is 0 Å². The lowest BCUT2D eigenvalue weighted by molar-refractivity contribution is 0.153. The Bertz CT molecular complexity index is 546. The third kappa shape index (κ3) is 4.01. The van der Waals surface area contributed by atoms with E-state index < -0.39 is 0 Å². The molecule has 0 aliphatic carbocycles. The van der Waals surface area contributed by atoms with Crippen LogP contribution < -0.4 is 5.32 Å². The van der Waals surface area contributed by atoms with Gasteiger partial charge in [-0.3, -0.25) is 9.88 Å². The van der Waals surface area contributed by atoms with Crippen LogP contribution in [0.25, 0.3) is 0 Å². The maximum atomic E-state index is 4.55. The van der Waals surface area contributed by atoms with E-state index >= 15 is 0 Å². The Balaban J connectivity index is 0.00000161. The van der Waals surface area contributed by atoms with Crippen LogP contribution in [0.15, 0.2) is 30.7 Å². The Morgan fingerprint density at radius 2 is 2.33 bits per heavy atom. The lowest BCUT2D eigenvalue weighted by atomic mass is 10.1. The first-order chi connectivity index (χ1) is 9.86. The molecule has 1 N–H and O–H groups in total. The van der Waals surface area contributed by atoms with Gasteiger partial charge in [0, 0.05) is 49.1 Å². The minimum Gasteiger partial charge on any atom is -0.314 e. The zero-order chi connectivity index (χ0) is 13.8. The van der Waals surface area contributed by atoms with Gasteiger partial charge in [0.1, 0.15) is 5.01 Å². The number of nitrogens with zero attached hydrogens (tertiary/aromatic N) is 3. The van der Waals surface area contributed by atoms with Gasteiger partial charge in [0.05, 0.1) is 6.54 Å². The molecule has 1 fully saturated rings. The molecule has 3 rings (SSSR count). The summed E-state index contributed by atoms with van der Waals surface area (Å²) < 4.78 is 0. The van der Waals surface area contributed by atoms with E-state index in [0.717, 1.165) is 32.6 Å². The second-order valence-corrected chi connectivity index (χ2v) is 6.25. The van der Waals surface area contributed by atoms with Crippen LogP contribution in [0.3, 0.4) is 0 Å². The lowest BCUT2D eigenvalue weighted by Crippen LogP contribution is -2.45. The molecular formula is C15H21ClN4S. The molecule has 1 atom stereocenters. The fourth-order valence-electron chi connectivity index (χ4n) is 2.60. The average molecular weight is 325 g/mol. The van der Waals surface area contributed by atoms with Gasteiger partial charge in [-0.1, -0.05) is 13.0 Å². The normalized spacial score (nSPS) is 19.2. The zero-order valence-corrected chi connectivity index (χ0v) is 13.8. The van der Waals surface area contributed by atoms with E-state index in [-0.39, 0.29) is 12.4 Å². The first-order valence-electron chi connectivity index (χ1n) is 7.15. The summed E-state index contributed by atoms with van der Waals surface area (Å²) in [5.74, 6) is 0. The smallest absolute Gasteiger partial charge is 0.107 e. The largest absolute Gasteiger partial charge is 0.314 e. The predicted octanol–water partition coefficient (Wildman–Crippen LogP) is 2.67. The number of aryl methyl sites for hydroxylation is 1. The van der Waals surface area contributed by atoms with Crippen molar-refractivity contribution in [1.82, 2.24) is 20.2 Å². The summed E-state index contributed by atoms with van der Waals surface area (Å²) >= 11 is 1.83. The summed E-state index contributed by atoms with van der Waals surface area (Å²) in [5.41, 5.74) is 1.28. The van der Waals surface area contributed by atoms with Gasteiger partial charge in [-0.05, 0) is 18.1 Å². The Kier molecular flexibility index (Phi) is 6.11. The molecule has 0 saturated carbocycles. The van der Waals surface area contributed by atoms with E-state index in [0.29, 0.717) is 6.04 Å². The third-order valence-corrected chi connectivity index (χ3v) is 4.84. The van der Waals surface area contributed by atoms with Crippen molar-refractivity contribution >= 4 is 23.7 Å². The first-order valence-corrected chi connectivity index (χ1v) is 7.96. The van der Waals surface area contributed by atoms with Crippen LogP contribution in [0.2, 0.25) is 0 Å². The van der Waals surface area contributed by atoms with Crippen LogP contribution in [-0.4, -0.2) is 34.5 Å². The molecule has 114 valence electrons. The van der Waals surface area contributed by atoms with Crippen LogP contribution in [0.5, 0.6) is 0 Å². The highest BCUT2D eigenvalue weighted by Crippen LogP contribution is 2.25. The van der Waals surface area contributed by atoms with Gasteiger partial charge >= 0.3 is 0 Å². The number of rotatable bonds is 4. The van der Waals surface area contributed by atoms with Crippen molar-refractivity contribution in [3.8, 4) is 0 Å². The predicted molar refractivity (Wildman–Crippen MR) is 89.0 cm³/mol. The summed E-state index contributed by atoms with van der Waals surface area (Å²) in [6.45, 7) is 6.20. The van der Waals surface area contributed by atoms with Crippen molar-refractivity contribution in [3.05, 3.63) is 46.2 Å². The quantitative estimate of drug-likeness (QED) is 0.938. The minimum absolute atomic E-state index is 0. The molecular weight excluding hydrogens is 304 g/mol. The molecule has 0 amide bonds. The Morgan fingerprint density at radius 3 is 3.05 bits per heavy atom. The van der Waals surface area contributed by atoms with Gasteiger partial charge in [0.15, 0.2) is 0 Å². The molecule has 3 heterocycles. The summed E-state index contributed by atoms with van der Waals surface area (Å²) in [6.07, 6.45) is 6.90. The topological polar surface area (TPSA) is 41.1 Å². The Hall–Kier alpha value is -1.01. The van der Waals surface area contributed by atoms with Gasteiger partial charge < -0.3 is 5.32 Å². The van der Waals surface area contributed by atoms with Gasteiger partial charge in [-0.25, -0.2) is 4.98 Å². The van der Waals surface area contributed by atoms with E-state index in [1.165, 1.54) is 15.4 Å². The number of pyridine rings is 1. The molecule has 0 aromatic carbocycles. The summed E-state index contributed by atoms with van der Waals surface area (Å²) in [7, 11) is 0. The maximum absolute atomic E-state index is 4.55. The Morgan fingerprint density at radius 1 is 1.43 bits per heavy atom. The van der Waals surface area contributed by atoms with Crippen molar-refractivity contribution in [2.45, 2.75) is 25.9 Å². The number of hydrogen-bond donors (Lipinski definition) is 1. The van der Waals surface area contributed by atoms with E-state index in [9.17, 15) is 0 Å². The van der Waals surface area contributed by atoms with Gasteiger partial charge in [-0.15, -0.1) is 23.7 Å². The molecule has 6 heteroatoms. The number of aromatic nitrogens is 2. The molecule has 0 spiro atoms. The monoisotopic (exact) mass is 324 g/mol. The van der Waals surface area contributed by atoms with E-state index in [1.54, 1.807) is 0 Å². The first kappa shape index (κ1) is 16.4. The second-order valence-electron chi connectivity index (χ2n) is 5.05. The van der Waals surface area contributed by atoms with Crippen molar-refractivity contribution in [1.29, 1.82) is 0 Å². The summed E-state index contributed by atoms with van der Waals surface area (Å²) in [6, 6.07) is 4.57. The molecule has 1 aliphatic rings. The number of thiazole rings is 1. The van der Waals surface area contributed by atoms with Crippen LogP contribution in [0, 0.1) is 0 Å². The zero-order valence-electron chi connectivity index (χ0n) is 12.2. The molecule has 2 aromatic heterocycles. The molecule has 1 aliphatic heterocycles. The molecule has 1 saturated heterocycles. The highest BCUT2D eigenvalue weighted by molar-refractivity contribution is 7.11. The van der Waals surface area contributed by atoms with Crippen molar-refractivity contribution < 1.29 is 0 Å². The SMILES string of the molecule is CCc1cnc(CN2CCNCC2c2cccnc2)s1.Cl. The number of piperazine rings is 1. The van der Waals surface area contributed by atoms with E-state index in [4.69, 9.17) is 0 Å². The summed E-state index contributed by atoms with van der Waals surface area (Å²) in [4.78, 5) is 12.7. The molecule has 2 aromatic rings. The fourth-order valence-corrected chi connectivity index (χ4v) is 3.48. The van der Waals surface area contributed by atoms with E-state index in [2.05, 4.69) is 33.2 Å². The standard InChI is InChI=1S/C15H20N4S.ClH/c1-2-13-9-18-15(20-13)11-19-7-6-17-10-14(19)12-4-3-5-16-8-12;/h3-5,8-9,14,17H,2,6-7,10-11H2,1H3;1H. The number of nitrogens with one attached hydrogen (secondary N) is 1. The second kappa shape index (κ2) is 7.84. The number of hydrogen-bond acceptors (Lipinski definition) is 5. The maximum Gasteiger partial charge on any atom is 0.107 e. The third-order valence-electron chi connectivity index (χ3n) is 3.71. The van der Waals surface area contributed by atoms with Crippen LogP contribution in [0.4, 0.5) is 0 Å². The van der Waals surface area contributed by atoms with Gasteiger partial charge in [0.2, 0.25) is 0 Å². The fraction of sp³-hybridized carbons (Fsp3) is 0.467.